The van der Waals surface area contributed by atoms with Gasteiger partial charge in [0.2, 0.25) is 5.91 Å². The SMILES string of the molecule is CCNC(=O)C(S)(C=O)Cc1ccccc1. The number of carbonyl (C=O) groups is 2. The highest BCUT2D eigenvalue weighted by Gasteiger charge is 2.33. The summed E-state index contributed by atoms with van der Waals surface area (Å²) in [5.74, 6) is -0.350. The second-order valence-electron chi connectivity index (χ2n) is 3.56. The molecule has 0 aliphatic heterocycles. The average molecular weight is 237 g/mol. The number of amides is 1. The van der Waals surface area contributed by atoms with Crippen molar-refractivity contribution >= 4 is 24.8 Å². The van der Waals surface area contributed by atoms with Crippen LogP contribution in [0.4, 0.5) is 0 Å². The quantitative estimate of drug-likeness (QED) is 0.460. The average Bonchev–Trinajstić information content (AvgIpc) is 2.30. The van der Waals surface area contributed by atoms with Gasteiger partial charge in [0.05, 0.1) is 0 Å². The Morgan fingerprint density at radius 1 is 1.44 bits per heavy atom. The monoisotopic (exact) mass is 237 g/mol. The maximum absolute atomic E-state index is 11.7. The van der Waals surface area contributed by atoms with Gasteiger partial charge in [-0.25, -0.2) is 0 Å². The molecule has 1 aromatic rings. The lowest BCUT2D eigenvalue weighted by Gasteiger charge is -2.20. The number of carbonyl (C=O) groups excluding carboxylic acids is 2. The molecule has 86 valence electrons. The van der Waals surface area contributed by atoms with E-state index in [-0.39, 0.29) is 5.91 Å². The summed E-state index contributed by atoms with van der Waals surface area (Å²) >= 11 is 4.18. The second kappa shape index (κ2) is 5.70. The zero-order valence-corrected chi connectivity index (χ0v) is 10.0. The van der Waals surface area contributed by atoms with Gasteiger partial charge < -0.3 is 10.1 Å². The van der Waals surface area contributed by atoms with E-state index >= 15 is 0 Å². The van der Waals surface area contributed by atoms with Gasteiger partial charge in [0.25, 0.3) is 0 Å². The summed E-state index contributed by atoms with van der Waals surface area (Å²) in [6.07, 6.45) is 0.889. The van der Waals surface area contributed by atoms with E-state index in [0.29, 0.717) is 19.3 Å². The van der Waals surface area contributed by atoms with E-state index in [1.807, 2.05) is 30.3 Å². The first-order chi connectivity index (χ1) is 7.62. The third-order valence-electron chi connectivity index (χ3n) is 2.24. The van der Waals surface area contributed by atoms with Crippen molar-refractivity contribution in [3.05, 3.63) is 35.9 Å². The van der Waals surface area contributed by atoms with Gasteiger partial charge in [0, 0.05) is 13.0 Å². The van der Waals surface area contributed by atoms with Crippen molar-refractivity contribution in [3.63, 3.8) is 0 Å². The molecule has 0 spiro atoms. The van der Waals surface area contributed by atoms with Crippen LogP contribution in [-0.2, 0) is 16.0 Å². The van der Waals surface area contributed by atoms with E-state index < -0.39 is 4.75 Å². The Morgan fingerprint density at radius 3 is 2.56 bits per heavy atom. The van der Waals surface area contributed by atoms with Crippen LogP contribution < -0.4 is 5.32 Å². The molecule has 3 nitrogen and oxygen atoms in total. The molecule has 1 aromatic carbocycles. The van der Waals surface area contributed by atoms with E-state index in [4.69, 9.17) is 0 Å². The Kier molecular flexibility index (Phi) is 4.55. The number of benzene rings is 1. The third kappa shape index (κ3) is 3.10. The van der Waals surface area contributed by atoms with Gasteiger partial charge in [-0.05, 0) is 12.5 Å². The topological polar surface area (TPSA) is 46.2 Å². The fourth-order valence-electron chi connectivity index (χ4n) is 1.40. The Labute approximate surface area is 101 Å². The summed E-state index contributed by atoms with van der Waals surface area (Å²) < 4.78 is -1.28. The minimum absolute atomic E-state index is 0.298. The lowest BCUT2D eigenvalue weighted by atomic mass is 9.99. The molecule has 0 radical (unpaired) electrons. The first-order valence-corrected chi connectivity index (χ1v) is 5.58. The predicted molar refractivity (Wildman–Crippen MR) is 66.6 cm³/mol. The van der Waals surface area contributed by atoms with Crippen LogP contribution in [0.5, 0.6) is 0 Å². The summed E-state index contributed by atoms with van der Waals surface area (Å²) in [6, 6.07) is 9.36. The van der Waals surface area contributed by atoms with Gasteiger partial charge in [-0.15, -0.1) is 0 Å². The standard InChI is InChI=1S/C12H15NO2S/c1-2-13-11(15)12(16,9-14)8-10-6-4-3-5-7-10/h3-7,9,16H,2,8H2,1H3,(H,13,15). The van der Waals surface area contributed by atoms with Gasteiger partial charge in [-0.1, -0.05) is 30.3 Å². The molecule has 16 heavy (non-hydrogen) atoms. The Morgan fingerprint density at radius 2 is 2.06 bits per heavy atom. The highest BCUT2D eigenvalue weighted by atomic mass is 32.1. The first-order valence-electron chi connectivity index (χ1n) is 5.13. The van der Waals surface area contributed by atoms with E-state index in [9.17, 15) is 9.59 Å². The molecule has 0 fully saturated rings. The minimum atomic E-state index is -1.28. The number of nitrogens with one attached hydrogen (secondary N) is 1. The summed E-state index contributed by atoms with van der Waals surface area (Å²) in [4.78, 5) is 22.7. The van der Waals surface area contributed by atoms with Gasteiger partial charge in [-0.2, -0.15) is 12.6 Å². The normalized spacial score (nSPS) is 13.9. The molecule has 0 saturated carbocycles. The second-order valence-corrected chi connectivity index (χ2v) is 4.36. The Balaban J connectivity index is 2.82. The van der Waals surface area contributed by atoms with Crippen molar-refractivity contribution in [2.45, 2.75) is 18.1 Å². The molecule has 1 rings (SSSR count). The fraction of sp³-hybridized carbons (Fsp3) is 0.333. The number of hydrogen-bond donors (Lipinski definition) is 2. The summed E-state index contributed by atoms with van der Waals surface area (Å²) in [7, 11) is 0. The molecular formula is C12H15NO2S. The van der Waals surface area contributed by atoms with Crippen LogP contribution in [0.2, 0.25) is 0 Å². The van der Waals surface area contributed by atoms with Crippen LogP contribution >= 0.6 is 12.6 Å². The summed E-state index contributed by atoms with van der Waals surface area (Å²) in [6.45, 7) is 2.29. The van der Waals surface area contributed by atoms with Crippen LogP contribution in [0.15, 0.2) is 30.3 Å². The van der Waals surface area contributed by atoms with E-state index in [0.717, 1.165) is 5.56 Å². The van der Waals surface area contributed by atoms with E-state index in [2.05, 4.69) is 17.9 Å². The Bertz CT molecular complexity index is 367. The Hall–Kier alpha value is -1.29. The van der Waals surface area contributed by atoms with E-state index in [1.54, 1.807) is 6.92 Å². The zero-order chi connectivity index (χ0) is 12.0. The predicted octanol–water partition coefficient (Wildman–Crippen LogP) is 1.23. The molecule has 1 N–H and O–H groups in total. The molecule has 1 atom stereocenters. The van der Waals surface area contributed by atoms with Crippen LogP contribution in [0.25, 0.3) is 0 Å². The number of thiol groups is 1. The zero-order valence-electron chi connectivity index (χ0n) is 9.14. The van der Waals surface area contributed by atoms with Crippen LogP contribution in [0.1, 0.15) is 12.5 Å². The molecule has 4 heteroatoms. The van der Waals surface area contributed by atoms with Crippen molar-refractivity contribution in [3.8, 4) is 0 Å². The maximum Gasteiger partial charge on any atom is 0.243 e. The molecular weight excluding hydrogens is 222 g/mol. The molecule has 0 saturated heterocycles. The van der Waals surface area contributed by atoms with Crippen LogP contribution in [0, 0.1) is 0 Å². The first kappa shape index (κ1) is 12.8. The van der Waals surface area contributed by atoms with Gasteiger partial charge in [0.15, 0.2) is 4.75 Å². The van der Waals surface area contributed by atoms with Crippen molar-refractivity contribution in [2.75, 3.05) is 6.54 Å². The van der Waals surface area contributed by atoms with Crippen molar-refractivity contribution in [2.24, 2.45) is 0 Å². The lowest BCUT2D eigenvalue weighted by molar-refractivity contribution is -0.126. The summed E-state index contributed by atoms with van der Waals surface area (Å²) in [5, 5.41) is 2.61. The smallest absolute Gasteiger partial charge is 0.243 e. The number of aldehydes is 1. The fourth-order valence-corrected chi connectivity index (χ4v) is 1.66. The highest BCUT2D eigenvalue weighted by molar-refractivity contribution is 7.83. The van der Waals surface area contributed by atoms with Crippen LogP contribution in [0.3, 0.4) is 0 Å². The van der Waals surface area contributed by atoms with E-state index in [1.165, 1.54) is 0 Å². The molecule has 0 aromatic heterocycles. The summed E-state index contributed by atoms with van der Waals surface area (Å²) in [5.41, 5.74) is 0.913. The molecule has 0 bridgehead atoms. The van der Waals surface area contributed by atoms with Gasteiger partial charge in [0.1, 0.15) is 6.29 Å². The maximum atomic E-state index is 11.7. The minimum Gasteiger partial charge on any atom is -0.355 e. The third-order valence-corrected chi connectivity index (χ3v) is 2.71. The molecule has 0 aliphatic rings. The van der Waals surface area contributed by atoms with Crippen molar-refractivity contribution in [1.82, 2.24) is 5.32 Å². The number of hydrogen-bond acceptors (Lipinski definition) is 3. The molecule has 0 heterocycles. The number of rotatable bonds is 5. The van der Waals surface area contributed by atoms with Crippen molar-refractivity contribution in [1.29, 1.82) is 0 Å². The largest absolute Gasteiger partial charge is 0.355 e. The van der Waals surface area contributed by atoms with Gasteiger partial charge in [-0.3, -0.25) is 4.79 Å². The van der Waals surface area contributed by atoms with Gasteiger partial charge >= 0.3 is 0 Å². The highest BCUT2D eigenvalue weighted by Crippen LogP contribution is 2.18. The van der Waals surface area contributed by atoms with Crippen LogP contribution in [-0.4, -0.2) is 23.5 Å². The lowest BCUT2D eigenvalue weighted by Crippen LogP contribution is -2.45. The van der Waals surface area contributed by atoms with Crippen molar-refractivity contribution < 1.29 is 9.59 Å². The molecule has 1 amide bonds. The molecule has 1 unspecified atom stereocenters. The molecule has 0 aliphatic carbocycles.